The second-order valence-electron chi connectivity index (χ2n) is 10.3. The number of nitrogens with zero attached hydrogens (tertiary/aromatic N) is 4. The first-order valence-electron chi connectivity index (χ1n) is 15.2. The van der Waals surface area contributed by atoms with Crippen molar-refractivity contribution in [2.45, 2.75) is 104 Å². The van der Waals surface area contributed by atoms with Crippen molar-refractivity contribution in [3.05, 3.63) is 60.2 Å². The van der Waals surface area contributed by atoms with Gasteiger partial charge in [-0.3, -0.25) is 0 Å². The first kappa shape index (κ1) is 31.1. The molecule has 1 heterocycles. The summed E-state index contributed by atoms with van der Waals surface area (Å²) in [5.41, 5.74) is 1.74. The van der Waals surface area contributed by atoms with Crippen LogP contribution in [0.4, 0.5) is 0 Å². The average Bonchev–Trinajstić information content (AvgIpc) is 3.45. The molecule has 0 N–H and O–H groups in total. The molecule has 0 aliphatic rings. The van der Waals surface area contributed by atoms with Crippen LogP contribution in [0.3, 0.4) is 0 Å². The van der Waals surface area contributed by atoms with Crippen LogP contribution in [-0.4, -0.2) is 32.8 Å². The predicted molar refractivity (Wildman–Crippen MR) is 161 cm³/mol. The zero-order valence-electron chi connectivity index (χ0n) is 24.4. The Morgan fingerprint density at radius 1 is 0.750 bits per heavy atom. The minimum absolute atomic E-state index is 0.435. The molecule has 0 spiro atoms. The molecule has 0 aliphatic heterocycles. The molecule has 216 valence electrons. The van der Waals surface area contributed by atoms with Gasteiger partial charge < -0.3 is 9.47 Å². The summed E-state index contributed by atoms with van der Waals surface area (Å²) < 4.78 is 11.3. The van der Waals surface area contributed by atoms with E-state index < -0.39 is 5.97 Å². The molecule has 0 radical (unpaired) electrons. The summed E-state index contributed by atoms with van der Waals surface area (Å²) in [6, 6.07) is 14.9. The number of esters is 1. The maximum Gasteiger partial charge on any atom is 0.336 e. The third kappa shape index (κ3) is 12.1. The van der Waals surface area contributed by atoms with E-state index in [4.69, 9.17) is 9.47 Å². The van der Waals surface area contributed by atoms with Crippen molar-refractivity contribution in [1.29, 1.82) is 0 Å². The van der Waals surface area contributed by atoms with Crippen molar-refractivity contribution in [3.63, 3.8) is 0 Å². The molecule has 0 fully saturated rings. The highest BCUT2D eigenvalue weighted by molar-refractivity contribution is 5.88. The maximum absolute atomic E-state index is 12.3. The minimum Gasteiger partial charge on any atom is -0.494 e. The Labute approximate surface area is 240 Å². The lowest BCUT2D eigenvalue weighted by Gasteiger charge is -2.06. The van der Waals surface area contributed by atoms with Crippen molar-refractivity contribution < 1.29 is 14.3 Å². The van der Waals surface area contributed by atoms with E-state index in [-0.39, 0.29) is 0 Å². The molecule has 0 unspecified atom stereocenters. The predicted octanol–water partition coefficient (Wildman–Crippen LogP) is 8.45. The third-order valence-electron chi connectivity index (χ3n) is 6.80. The van der Waals surface area contributed by atoms with Crippen LogP contribution in [0, 0.1) is 0 Å². The number of unbranched alkanes of at least 4 members (excludes halogenated alkanes) is 11. The Kier molecular flexibility index (Phi) is 14.6. The number of tetrazole rings is 1. The van der Waals surface area contributed by atoms with Crippen molar-refractivity contribution >= 4 is 12.0 Å². The van der Waals surface area contributed by atoms with E-state index >= 15 is 0 Å². The zero-order chi connectivity index (χ0) is 28.3. The lowest BCUT2D eigenvalue weighted by molar-refractivity contribution is -0.128. The molecule has 0 saturated carbocycles. The van der Waals surface area contributed by atoms with Gasteiger partial charge in [-0.2, -0.15) is 4.80 Å². The molecule has 0 aliphatic carbocycles. The van der Waals surface area contributed by atoms with Gasteiger partial charge in [0.2, 0.25) is 5.82 Å². The average molecular weight is 547 g/mol. The highest BCUT2D eigenvalue weighted by Crippen LogP contribution is 2.20. The molecule has 3 rings (SSSR count). The van der Waals surface area contributed by atoms with Gasteiger partial charge in [0.25, 0.3) is 0 Å². The van der Waals surface area contributed by atoms with E-state index in [0.717, 1.165) is 42.9 Å². The van der Waals surface area contributed by atoms with Crippen LogP contribution in [0.25, 0.3) is 17.5 Å². The number of ether oxygens (including phenoxy) is 2. The second kappa shape index (κ2) is 18.7. The molecule has 7 nitrogen and oxygen atoms in total. The molecule has 0 atom stereocenters. The van der Waals surface area contributed by atoms with Crippen LogP contribution in [0.15, 0.2) is 54.6 Å². The van der Waals surface area contributed by atoms with E-state index in [1.54, 1.807) is 23.0 Å². The van der Waals surface area contributed by atoms with Crippen LogP contribution in [0.2, 0.25) is 0 Å². The highest BCUT2D eigenvalue weighted by atomic mass is 16.5. The van der Waals surface area contributed by atoms with Crippen molar-refractivity contribution in [1.82, 2.24) is 20.2 Å². The maximum atomic E-state index is 12.3. The number of rotatable bonds is 20. The fourth-order valence-corrected chi connectivity index (χ4v) is 4.40. The Morgan fingerprint density at radius 2 is 1.35 bits per heavy atom. The second-order valence-corrected chi connectivity index (χ2v) is 10.3. The van der Waals surface area contributed by atoms with Crippen LogP contribution in [0.1, 0.15) is 103 Å². The summed E-state index contributed by atoms with van der Waals surface area (Å²) in [5, 5.41) is 12.8. The van der Waals surface area contributed by atoms with E-state index in [2.05, 4.69) is 29.3 Å². The smallest absolute Gasteiger partial charge is 0.336 e. The van der Waals surface area contributed by atoms with Gasteiger partial charge in [0.05, 0.1) is 13.2 Å². The standard InChI is InChI=1S/C33H46N4O3/c1-3-5-7-9-11-13-15-27-39-30-21-16-28(17-22-30)18-25-32(38)40-31-23-19-29(20-24-31)33-34-36-37(35-33)26-14-12-10-8-6-4-2/h16-25H,3-15,26-27H2,1-2H3/b25-18+. The van der Waals surface area contributed by atoms with Crippen molar-refractivity contribution in [3.8, 4) is 22.9 Å². The van der Waals surface area contributed by atoms with Gasteiger partial charge in [-0.15, -0.1) is 10.2 Å². The van der Waals surface area contributed by atoms with E-state index in [1.165, 1.54) is 76.7 Å². The quantitative estimate of drug-likeness (QED) is 0.0612. The van der Waals surface area contributed by atoms with Crippen LogP contribution in [-0.2, 0) is 11.3 Å². The third-order valence-corrected chi connectivity index (χ3v) is 6.80. The number of carbonyl (C=O) groups is 1. The molecule has 0 bridgehead atoms. The Morgan fingerprint density at radius 3 is 2.02 bits per heavy atom. The number of aromatic nitrogens is 4. The molecule has 0 saturated heterocycles. The summed E-state index contributed by atoms with van der Waals surface area (Å²) >= 11 is 0. The van der Waals surface area contributed by atoms with Crippen molar-refractivity contribution in [2.75, 3.05) is 6.61 Å². The Balaban J connectivity index is 1.36. The molecule has 1 aromatic heterocycles. The summed E-state index contributed by atoms with van der Waals surface area (Å²) in [6.45, 7) is 5.98. The lowest BCUT2D eigenvalue weighted by Crippen LogP contribution is -2.03. The molecular weight excluding hydrogens is 500 g/mol. The van der Waals surface area contributed by atoms with Gasteiger partial charge in [-0.25, -0.2) is 4.79 Å². The van der Waals surface area contributed by atoms with Gasteiger partial charge in [-0.1, -0.05) is 96.6 Å². The van der Waals surface area contributed by atoms with Crippen molar-refractivity contribution in [2.24, 2.45) is 0 Å². The number of hydrogen-bond donors (Lipinski definition) is 0. The fraction of sp³-hybridized carbons (Fsp3) is 0.515. The summed E-state index contributed by atoms with van der Waals surface area (Å²) in [5.74, 6) is 1.45. The molecular formula is C33H46N4O3. The molecule has 3 aromatic rings. The SMILES string of the molecule is CCCCCCCCCOc1ccc(/C=C/C(=O)Oc2ccc(-c3nnn(CCCCCCCC)n3)cc2)cc1. The van der Waals surface area contributed by atoms with Gasteiger partial charge in [0, 0.05) is 11.6 Å². The fourth-order valence-electron chi connectivity index (χ4n) is 4.40. The zero-order valence-corrected chi connectivity index (χ0v) is 24.4. The first-order chi connectivity index (χ1) is 19.7. The molecule has 7 heteroatoms. The largest absolute Gasteiger partial charge is 0.494 e. The minimum atomic E-state index is -0.435. The summed E-state index contributed by atoms with van der Waals surface area (Å²) in [6.07, 6.45) is 19.4. The molecule has 0 amide bonds. The van der Waals surface area contributed by atoms with Gasteiger partial charge in [0.15, 0.2) is 0 Å². The van der Waals surface area contributed by atoms with E-state index in [9.17, 15) is 4.79 Å². The molecule has 40 heavy (non-hydrogen) atoms. The molecule has 2 aromatic carbocycles. The van der Waals surface area contributed by atoms with Gasteiger partial charge in [0.1, 0.15) is 11.5 Å². The van der Waals surface area contributed by atoms with Crippen LogP contribution in [0.5, 0.6) is 11.5 Å². The topological polar surface area (TPSA) is 79.1 Å². The summed E-state index contributed by atoms with van der Waals surface area (Å²) in [4.78, 5) is 14.0. The first-order valence-corrected chi connectivity index (χ1v) is 15.2. The van der Waals surface area contributed by atoms with Crippen LogP contribution < -0.4 is 9.47 Å². The lowest BCUT2D eigenvalue weighted by atomic mass is 10.1. The normalized spacial score (nSPS) is 11.2. The Bertz CT molecular complexity index is 1120. The Hall–Kier alpha value is -3.48. The number of hydrogen-bond acceptors (Lipinski definition) is 6. The van der Waals surface area contributed by atoms with E-state index in [1.807, 2.05) is 36.4 Å². The monoisotopic (exact) mass is 546 g/mol. The number of aryl methyl sites for hydroxylation is 1. The van der Waals surface area contributed by atoms with Gasteiger partial charge >= 0.3 is 5.97 Å². The highest BCUT2D eigenvalue weighted by Gasteiger charge is 2.07. The summed E-state index contributed by atoms with van der Waals surface area (Å²) in [7, 11) is 0. The van der Waals surface area contributed by atoms with E-state index in [0.29, 0.717) is 11.6 Å². The number of carbonyl (C=O) groups excluding carboxylic acids is 1. The number of benzene rings is 2. The van der Waals surface area contributed by atoms with Crippen LogP contribution >= 0.6 is 0 Å². The van der Waals surface area contributed by atoms with Gasteiger partial charge in [-0.05, 0) is 66.1 Å².